The summed E-state index contributed by atoms with van der Waals surface area (Å²) in [5.74, 6) is 5.83. The zero-order valence-corrected chi connectivity index (χ0v) is 11.4. The Balaban J connectivity index is 2.62. The Kier molecular flexibility index (Phi) is 6.56. The van der Waals surface area contributed by atoms with Crippen LogP contribution in [0, 0.1) is 0 Å². The van der Waals surface area contributed by atoms with Gasteiger partial charge in [-0.25, -0.2) is 10.8 Å². The van der Waals surface area contributed by atoms with E-state index >= 15 is 0 Å². The van der Waals surface area contributed by atoms with Gasteiger partial charge in [0.1, 0.15) is 0 Å². The number of methoxy groups -OCH3 is 1. The van der Waals surface area contributed by atoms with Gasteiger partial charge in [-0.15, -0.1) is 0 Å². The maximum atomic E-state index is 5.26. The van der Waals surface area contributed by atoms with Crippen LogP contribution in [0.2, 0.25) is 0 Å². The molecule has 0 aliphatic rings. The van der Waals surface area contributed by atoms with Crippen molar-refractivity contribution in [3.05, 3.63) is 18.1 Å². The molecule has 6 heteroatoms. The lowest BCUT2D eigenvalue weighted by Crippen LogP contribution is -2.35. The second kappa shape index (κ2) is 7.97. The van der Waals surface area contributed by atoms with Gasteiger partial charge in [-0.3, -0.25) is 9.88 Å². The molecular weight excluding hydrogens is 230 g/mol. The van der Waals surface area contributed by atoms with Crippen molar-refractivity contribution in [2.75, 3.05) is 25.7 Å². The molecule has 1 heterocycles. The summed E-state index contributed by atoms with van der Waals surface area (Å²) in [4.78, 5) is 10.8. The maximum absolute atomic E-state index is 5.26. The van der Waals surface area contributed by atoms with E-state index in [1.54, 1.807) is 19.5 Å². The van der Waals surface area contributed by atoms with Gasteiger partial charge in [-0.2, -0.15) is 0 Å². The first-order valence-corrected chi connectivity index (χ1v) is 6.21. The predicted octanol–water partition coefficient (Wildman–Crippen LogP) is 1.01. The fraction of sp³-hybridized carbons (Fsp3) is 0.667. The quantitative estimate of drug-likeness (QED) is 0.532. The highest BCUT2D eigenvalue weighted by molar-refractivity contribution is 5.28. The first-order chi connectivity index (χ1) is 8.71. The number of hydrogen-bond donors (Lipinski definition) is 2. The Morgan fingerprint density at radius 3 is 2.72 bits per heavy atom. The lowest BCUT2D eigenvalue weighted by atomic mass is 10.2. The van der Waals surface area contributed by atoms with Crippen molar-refractivity contribution in [1.82, 2.24) is 14.9 Å². The van der Waals surface area contributed by atoms with Crippen molar-refractivity contribution in [2.45, 2.75) is 32.9 Å². The summed E-state index contributed by atoms with van der Waals surface area (Å²) in [6.07, 6.45) is 4.48. The standard InChI is InChI=1S/C12H23N5O/c1-4-10(2)17(5-6-18-3)9-11-7-15-12(16-13)8-14-11/h7-8,10H,4-6,9,13H2,1-3H3,(H,15,16). The van der Waals surface area contributed by atoms with Gasteiger partial charge in [0.25, 0.3) is 0 Å². The minimum absolute atomic E-state index is 0.495. The monoisotopic (exact) mass is 253 g/mol. The third-order valence-corrected chi connectivity index (χ3v) is 3.02. The molecule has 0 bridgehead atoms. The molecule has 0 radical (unpaired) electrons. The van der Waals surface area contributed by atoms with Gasteiger partial charge in [0, 0.05) is 26.2 Å². The summed E-state index contributed by atoms with van der Waals surface area (Å²) >= 11 is 0. The maximum Gasteiger partial charge on any atom is 0.158 e. The fourth-order valence-corrected chi connectivity index (χ4v) is 1.64. The molecule has 1 atom stereocenters. The SMILES string of the molecule is CCC(C)N(CCOC)Cc1cnc(NN)cn1. The summed E-state index contributed by atoms with van der Waals surface area (Å²) in [6, 6.07) is 0.495. The van der Waals surface area contributed by atoms with Crippen molar-refractivity contribution in [2.24, 2.45) is 5.84 Å². The Labute approximate surface area is 109 Å². The third-order valence-electron chi connectivity index (χ3n) is 3.02. The molecule has 0 fully saturated rings. The summed E-state index contributed by atoms with van der Waals surface area (Å²) in [6.45, 7) is 6.77. The number of anilines is 1. The van der Waals surface area contributed by atoms with Crippen LogP contribution in [0.4, 0.5) is 5.82 Å². The molecule has 18 heavy (non-hydrogen) atoms. The van der Waals surface area contributed by atoms with Gasteiger partial charge in [-0.1, -0.05) is 6.92 Å². The lowest BCUT2D eigenvalue weighted by molar-refractivity contribution is 0.117. The summed E-state index contributed by atoms with van der Waals surface area (Å²) in [7, 11) is 1.72. The zero-order chi connectivity index (χ0) is 13.4. The van der Waals surface area contributed by atoms with Crippen LogP contribution in [-0.4, -0.2) is 41.2 Å². The van der Waals surface area contributed by atoms with Crippen molar-refractivity contribution in [1.29, 1.82) is 0 Å². The van der Waals surface area contributed by atoms with E-state index in [4.69, 9.17) is 10.6 Å². The van der Waals surface area contributed by atoms with Crippen LogP contribution in [0.5, 0.6) is 0 Å². The number of rotatable bonds is 8. The first kappa shape index (κ1) is 14.8. The molecule has 0 spiro atoms. The van der Waals surface area contributed by atoms with E-state index in [0.29, 0.717) is 11.9 Å². The normalized spacial score (nSPS) is 12.7. The molecule has 1 aromatic heterocycles. The van der Waals surface area contributed by atoms with Gasteiger partial charge in [0.05, 0.1) is 24.7 Å². The number of nitrogen functional groups attached to an aromatic ring is 1. The fourth-order valence-electron chi connectivity index (χ4n) is 1.64. The van der Waals surface area contributed by atoms with E-state index in [2.05, 4.69) is 34.1 Å². The minimum atomic E-state index is 0.495. The number of nitrogens with zero attached hydrogens (tertiary/aromatic N) is 3. The van der Waals surface area contributed by atoms with Crippen LogP contribution in [0.25, 0.3) is 0 Å². The van der Waals surface area contributed by atoms with Crippen LogP contribution < -0.4 is 11.3 Å². The smallest absolute Gasteiger partial charge is 0.158 e. The number of nitrogens with one attached hydrogen (secondary N) is 1. The van der Waals surface area contributed by atoms with Crippen molar-refractivity contribution >= 4 is 5.82 Å². The molecule has 3 N–H and O–H groups in total. The topological polar surface area (TPSA) is 76.3 Å². The molecule has 0 saturated carbocycles. The molecule has 0 aromatic carbocycles. The van der Waals surface area contributed by atoms with Crippen LogP contribution in [0.1, 0.15) is 26.0 Å². The van der Waals surface area contributed by atoms with Crippen LogP contribution >= 0.6 is 0 Å². The molecule has 0 aliphatic heterocycles. The van der Waals surface area contributed by atoms with E-state index in [1.165, 1.54) is 0 Å². The van der Waals surface area contributed by atoms with E-state index in [-0.39, 0.29) is 0 Å². The number of ether oxygens (including phenoxy) is 1. The van der Waals surface area contributed by atoms with Crippen molar-refractivity contribution < 1.29 is 4.74 Å². The molecule has 0 saturated heterocycles. The molecular formula is C12H23N5O. The number of hydrogen-bond acceptors (Lipinski definition) is 6. The van der Waals surface area contributed by atoms with E-state index in [9.17, 15) is 0 Å². The number of hydrazine groups is 1. The molecule has 102 valence electrons. The van der Waals surface area contributed by atoms with Gasteiger partial charge in [-0.05, 0) is 13.3 Å². The van der Waals surface area contributed by atoms with E-state index < -0.39 is 0 Å². The van der Waals surface area contributed by atoms with Crippen LogP contribution in [0.15, 0.2) is 12.4 Å². The second-order valence-corrected chi connectivity index (χ2v) is 4.26. The van der Waals surface area contributed by atoms with E-state index in [0.717, 1.165) is 31.8 Å². The third kappa shape index (κ3) is 4.56. The summed E-state index contributed by atoms with van der Waals surface area (Å²) in [5, 5.41) is 0. The van der Waals surface area contributed by atoms with Gasteiger partial charge >= 0.3 is 0 Å². The number of aromatic nitrogens is 2. The largest absolute Gasteiger partial charge is 0.383 e. The lowest BCUT2D eigenvalue weighted by Gasteiger charge is -2.27. The average Bonchev–Trinajstić information content (AvgIpc) is 2.43. The average molecular weight is 253 g/mol. The minimum Gasteiger partial charge on any atom is -0.383 e. The zero-order valence-electron chi connectivity index (χ0n) is 11.4. The van der Waals surface area contributed by atoms with Crippen molar-refractivity contribution in [3.8, 4) is 0 Å². The Hall–Kier alpha value is -1.24. The highest BCUT2D eigenvalue weighted by atomic mass is 16.5. The predicted molar refractivity (Wildman–Crippen MR) is 71.9 cm³/mol. The summed E-state index contributed by atoms with van der Waals surface area (Å²) < 4.78 is 5.14. The van der Waals surface area contributed by atoms with Gasteiger partial charge in [0.2, 0.25) is 0 Å². The van der Waals surface area contributed by atoms with Crippen molar-refractivity contribution in [3.63, 3.8) is 0 Å². The van der Waals surface area contributed by atoms with E-state index in [1.807, 2.05) is 0 Å². The Morgan fingerprint density at radius 2 is 2.22 bits per heavy atom. The second-order valence-electron chi connectivity index (χ2n) is 4.26. The van der Waals surface area contributed by atoms with Gasteiger partial charge < -0.3 is 10.2 Å². The molecule has 6 nitrogen and oxygen atoms in total. The molecule has 0 aliphatic carbocycles. The first-order valence-electron chi connectivity index (χ1n) is 6.21. The Morgan fingerprint density at radius 1 is 1.44 bits per heavy atom. The molecule has 1 unspecified atom stereocenters. The van der Waals surface area contributed by atoms with Crippen LogP contribution in [-0.2, 0) is 11.3 Å². The Bertz CT molecular complexity index is 330. The molecule has 0 amide bonds. The molecule has 1 rings (SSSR count). The number of nitrogens with two attached hydrogens (primary N) is 1. The van der Waals surface area contributed by atoms with Crippen LogP contribution in [0.3, 0.4) is 0 Å². The molecule has 1 aromatic rings. The summed E-state index contributed by atoms with van der Waals surface area (Å²) in [5.41, 5.74) is 3.40. The highest BCUT2D eigenvalue weighted by Gasteiger charge is 2.13. The highest BCUT2D eigenvalue weighted by Crippen LogP contribution is 2.09. The van der Waals surface area contributed by atoms with Gasteiger partial charge in [0.15, 0.2) is 5.82 Å².